The van der Waals surface area contributed by atoms with Gasteiger partial charge >= 0.3 is 0 Å². The molecule has 4 nitrogen and oxygen atoms in total. The van der Waals surface area contributed by atoms with Crippen LogP contribution in [0.1, 0.15) is 36.5 Å². The van der Waals surface area contributed by atoms with Gasteiger partial charge < -0.3 is 4.98 Å². The molecule has 1 fully saturated rings. The molecular formula is C21H19BrN4S. The van der Waals surface area contributed by atoms with Crippen LogP contribution >= 0.6 is 27.7 Å². The van der Waals surface area contributed by atoms with Crippen molar-refractivity contribution in [1.29, 1.82) is 0 Å². The summed E-state index contributed by atoms with van der Waals surface area (Å²) in [5, 5.41) is 11.0. The Morgan fingerprint density at radius 2 is 1.89 bits per heavy atom. The summed E-state index contributed by atoms with van der Waals surface area (Å²) >= 11 is 5.25. The molecule has 5 rings (SSSR count). The minimum atomic E-state index is 0.349. The summed E-state index contributed by atoms with van der Waals surface area (Å²) in [6.07, 6.45) is 5.19. The highest BCUT2D eigenvalue weighted by atomic mass is 79.9. The van der Waals surface area contributed by atoms with E-state index in [1.165, 1.54) is 24.8 Å². The highest BCUT2D eigenvalue weighted by Crippen LogP contribution is 2.42. The predicted molar refractivity (Wildman–Crippen MR) is 114 cm³/mol. The van der Waals surface area contributed by atoms with Crippen LogP contribution in [0.25, 0.3) is 22.1 Å². The molecule has 0 unspecified atom stereocenters. The third-order valence-electron chi connectivity index (χ3n) is 5.13. The Morgan fingerprint density at radius 3 is 2.70 bits per heavy atom. The maximum Gasteiger partial charge on any atom is 0.211 e. The Kier molecular flexibility index (Phi) is 4.61. The van der Waals surface area contributed by atoms with Crippen molar-refractivity contribution in [1.82, 2.24) is 20.2 Å². The molecule has 0 amide bonds. The maximum absolute atomic E-state index is 4.76. The van der Waals surface area contributed by atoms with Gasteiger partial charge in [0, 0.05) is 20.6 Å². The average Bonchev–Trinajstić information content (AvgIpc) is 3.44. The van der Waals surface area contributed by atoms with Crippen molar-refractivity contribution in [2.45, 2.75) is 36.1 Å². The van der Waals surface area contributed by atoms with Gasteiger partial charge in [0.2, 0.25) is 5.16 Å². The van der Waals surface area contributed by atoms with Crippen molar-refractivity contribution in [3.63, 3.8) is 0 Å². The topological polar surface area (TPSA) is 54.5 Å². The molecule has 2 aromatic heterocycles. The number of hydrogen-bond donors (Lipinski definition) is 1. The number of para-hydroxylation sites is 1. The molecule has 27 heavy (non-hydrogen) atoms. The third-order valence-corrected chi connectivity index (χ3v) is 6.83. The van der Waals surface area contributed by atoms with Gasteiger partial charge in [-0.3, -0.25) is 0 Å². The SMILES string of the molecule is Brc1ccc([C@H](CCC2CC2)Sc2nnc3c(n2)[nH]c2ccccc23)cc1. The fraction of sp³-hybridized carbons (Fsp3) is 0.286. The van der Waals surface area contributed by atoms with Gasteiger partial charge in [-0.15, -0.1) is 10.2 Å². The molecule has 1 atom stereocenters. The van der Waals surface area contributed by atoms with Gasteiger partial charge in [-0.05, 0) is 42.5 Å². The van der Waals surface area contributed by atoms with E-state index >= 15 is 0 Å². The lowest BCUT2D eigenvalue weighted by Crippen LogP contribution is -1.99. The zero-order chi connectivity index (χ0) is 18.2. The average molecular weight is 439 g/mol. The van der Waals surface area contributed by atoms with Gasteiger partial charge in [0.05, 0.1) is 0 Å². The first-order chi connectivity index (χ1) is 13.3. The molecule has 0 radical (unpaired) electrons. The predicted octanol–water partition coefficient (Wildman–Crippen LogP) is 6.29. The van der Waals surface area contributed by atoms with E-state index in [0.717, 1.165) is 44.0 Å². The van der Waals surface area contributed by atoms with Crippen LogP contribution in [0.5, 0.6) is 0 Å². The Morgan fingerprint density at radius 1 is 1.07 bits per heavy atom. The zero-order valence-electron chi connectivity index (χ0n) is 14.7. The summed E-state index contributed by atoms with van der Waals surface area (Å²) in [5.41, 5.74) is 4.03. The third kappa shape index (κ3) is 3.73. The van der Waals surface area contributed by atoms with Crippen molar-refractivity contribution in [3.05, 3.63) is 58.6 Å². The summed E-state index contributed by atoms with van der Waals surface area (Å²) in [6.45, 7) is 0. The Bertz CT molecular complexity index is 1090. The van der Waals surface area contributed by atoms with Crippen LogP contribution in [-0.4, -0.2) is 20.2 Å². The first-order valence-corrected chi connectivity index (χ1v) is 11.0. The first kappa shape index (κ1) is 17.2. The number of aromatic amines is 1. The molecule has 0 spiro atoms. The quantitative estimate of drug-likeness (QED) is 0.359. The fourth-order valence-electron chi connectivity index (χ4n) is 3.45. The van der Waals surface area contributed by atoms with E-state index < -0.39 is 0 Å². The van der Waals surface area contributed by atoms with Gasteiger partial charge in [0.1, 0.15) is 5.52 Å². The second-order valence-corrected chi connectivity index (χ2v) is 9.23. The van der Waals surface area contributed by atoms with Gasteiger partial charge in [0.25, 0.3) is 0 Å². The van der Waals surface area contributed by atoms with E-state index in [1.807, 2.05) is 18.2 Å². The second-order valence-electron chi connectivity index (χ2n) is 7.14. The Balaban J connectivity index is 1.45. The molecule has 1 N–H and O–H groups in total. The largest absolute Gasteiger partial charge is 0.338 e. The number of halogens is 1. The molecular weight excluding hydrogens is 420 g/mol. The van der Waals surface area contributed by atoms with Crippen LogP contribution in [-0.2, 0) is 0 Å². The standard InChI is InChI=1S/C21H19BrN4S/c22-15-10-8-14(9-11-15)18(12-7-13-5-6-13)27-21-24-20-19(25-26-21)16-3-1-2-4-17(16)23-20/h1-4,8-11,13,18H,5-7,12H2,(H,23,24,26)/t18-/m0/s1. The zero-order valence-corrected chi connectivity index (χ0v) is 17.1. The Labute approximate surface area is 170 Å². The number of hydrogen-bond acceptors (Lipinski definition) is 4. The van der Waals surface area contributed by atoms with Crippen molar-refractivity contribution < 1.29 is 0 Å². The summed E-state index contributed by atoms with van der Waals surface area (Å²) in [6, 6.07) is 16.8. The van der Waals surface area contributed by atoms with Crippen molar-refractivity contribution in [2.24, 2.45) is 5.92 Å². The van der Waals surface area contributed by atoms with Crippen LogP contribution in [0.4, 0.5) is 0 Å². The molecule has 1 saturated carbocycles. The molecule has 0 aliphatic heterocycles. The molecule has 2 aromatic carbocycles. The number of thioether (sulfide) groups is 1. The molecule has 2 heterocycles. The van der Waals surface area contributed by atoms with Crippen molar-refractivity contribution >= 4 is 49.8 Å². The highest BCUT2D eigenvalue weighted by molar-refractivity contribution is 9.10. The minimum absolute atomic E-state index is 0.349. The highest BCUT2D eigenvalue weighted by Gasteiger charge is 2.24. The van der Waals surface area contributed by atoms with E-state index in [1.54, 1.807) is 11.8 Å². The Hall–Kier alpha value is -1.92. The number of fused-ring (bicyclic) bond motifs is 3. The van der Waals surface area contributed by atoms with Crippen LogP contribution in [0.3, 0.4) is 0 Å². The summed E-state index contributed by atoms with van der Waals surface area (Å²) < 4.78 is 1.11. The van der Waals surface area contributed by atoms with Crippen molar-refractivity contribution in [2.75, 3.05) is 0 Å². The van der Waals surface area contributed by atoms with E-state index in [9.17, 15) is 0 Å². The van der Waals surface area contributed by atoms with Crippen LogP contribution < -0.4 is 0 Å². The minimum Gasteiger partial charge on any atom is -0.338 e. The van der Waals surface area contributed by atoms with E-state index in [-0.39, 0.29) is 0 Å². The van der Waals surface area contributed by atoms with E-state index in [2.05, 4.69) is 61.4 Å². The number of aromatic nitrogens is 4. The number of benzene rings is 2. The monoisotopic (exact) mass is 438 g/mol. The lowest BCUT2D eigenvalue weighted by Gasteiger charge is -2.16. The lowest BCUT2D eigenvalue weighted by molar-refractivity contribution is 0.656. The van der Waals surface area contributed by atoms with Gasteiger partial charge in [-0.1, -0.05) is 70.9 Å². The molecule has 0 saturated heterocycles. The normalized spacial score (nSPS) is 15.4. The maximum atomic E-state index is 4.76. The molecule has 4 aromatic rings. The summed E-state index contributed by atoms with van der Waals surface area (Å²) in [5.74, 6) is 0.916. The van der Waals surface area contributed by atoms with E-state index in [0.29, 0.717) is 5.25 Å². The smallest absolute Gasteiger partial charge is 0.211 e. The summed E-state index contributed by atoms with van der Waals surface area (Å²) in [7, 11) is 0. The fourth-order valence-corrected chi connectivity index (χ4v) is 4.75. The molecule has 0 bridgehead atoms. The van der Waals surface area contributed by atoms with E-state index in [4.69, 9.17) is 4.98 Å². The lowest BCUT2D eigenvalue weighted by atomic mass is 10.1. The van der Waals surface area contributed by atoms with Crippen LogP contribution in [0.2, 0.25) is 0 Å². The second kappa shape index (κ2) is 7.24. The number of nitrogens with zero attached hydrogens (tertiary/aromatic N) is 3. The van der Waals surface area contributed by atoms with Gasteiger partial charge in [0.15, 0.2) is 5.65 Å². The molecule has 136 valence electrons. The van der Waals surface area contributed by atoms with Crippen LogP contribution in [0, 0.1) is 5.92 Å². The molecule has 1 aliphatic rings. The van der Waals surface area contributed by atoms with Crippen LogP contribution in [0.15, 0.2) is 58.2 Å². The molecule has 1 aliphatic carbocycles. The van der Waals surface area contributed by atoms with Gasteiger partial charge in [-0.25, -0.2) is 4.98 Å². The first-order valence-electron chi connectivity index (χ1n) is 9.29. The van der Waals surface area contributed by atoms with Gasteiger partial charge in [-0.2, -0.15) is 0 Å². The summed E-state index contributed by atoms with van der Waals surface area (Å²) in [4.78, 5) is 8.13. The molecule has 6 heteroatoms. The number of nitrogens with one attached hydrogen (secondary N) is 1. The number of rotatable bonds is 6. The van der Waals surface area contributed by atoms with Crippen molar-refractivity contribution in [3.8, 4) is 0 Å². The number of H-pyrrole nitrogens is 1.